The lowest BCUT2D eigenvalue weighted by Crippen LogP contribution is -2.53. The van der Waals surface area contributed by atoms with E-state index in [1.165, 1.54) is 0 Å². The van der Waals surface area contributed by atoms with Crippen molar-refractivity contribution >= 4 is 5.91 Å². The molecule has 0 saturated carbocycles. The van der Waals surface area contributed by atoms with Gasteiger partial charge in [0.15, 0.2) is 0 Å². The minimum Gasteiger partial charge on any atom is -0.351 e. The first-order valence-electron chi connectivity index (χ1n) is 5.01. The largest absolute Gasteiger partial charge is 0.351 e. The van der Waals surface area contributed by atoms with Crippen LogP contribution in [0.15, 0.2) is 0 Å². The fourth-order valence-electron chi connectivity index (χ4n) is 0.951. The van der Waals surface area contributed by atoms with Crippen molar-refractivity contribution in [3.05, 3.63) is 0 Å². The van der Waals surface area contributed by atoms with Crippen molar-refractivity contribution in [3.63, 3.8) is 0 Å². The van der Waals surface area contributed by atoms with Crippen molar-refractivity contribution in [3.8, 4) is 12.3 Å². The van der Waals surface area contributed by atoms with Gasteiger partial charge in [0, 0.05) is 12.5 Å². The minimum atomic E-state index is -0.790. The Morgan fingerprint density at radius 3 is 2.57 bits per heavy atom. The molecule has 0 saturated heterocycles. The van der Waals surface area contributed by atoms with Crippen LogP contribution in [0.3, 0.4) is 0 Å². The number of terminal acetylenes is 1. The molecular weight excluding hydrogens is 176 g/mol. The van der Waals surface area contributed by atoms with Gasteiger partial charge >= 0.3 is 0 Å². The van der Waals surface area contributed by atoms with E-state index in [4.69, 9.17) is 12.2 Å². The van der Waals surface area contributed by atoms with Gasteiger partial charge in [-0.2, -0.15) is 0 Å². The molecule has 0 radical (unpaired) electrons. The molecule has 3 heteroatoms. The van der Waals surface area contributed by atoms with Gasteiger partial charge in [0.25, 0.3) is 0 Å². The molecule has 0 aliphatic carbocycles. The van der Waals surface area contributed by atoms with Gasteiger partial charge in [-0.15, -0.1) is 12.3 Å². The molecular formula is C11H20N2O. The number of carbonyl (C=O) groups is 1. The highest BCUT2D eigenvalue weighted by atomic mass is 16.2. The number of hydrogen-bond donors (Lipinski definition) is 2. The van der Waals surface area contributed by atoms with E-state index in [0.29, 0.717) is 12.8 Å². The Balaban J connectivity index is 4.23. The number of nitrogens with one attached hydrogen (secondary N) is 1. The second-order valence-electron chi connectivity index (χ2n) is 3.76. The van der Waals surface area contributed by atoms with E-state index in [-0.39, 0.29) is 11.9 Å². The summed E-state index contributed by atoms with van der Waals surface area (Å²) >= 11 is 0. The molecule has 2 unspecified atom stereocenters. The summed E-state index contributed by atoms with van der Waals surface area (Å²) in [5.41, 5.74) is 5.01. The number of carbonyl (C=O) groups excluding carboxylic acids is 1. The second kappa shape index (κ2) is 5.66. The molecule has 0 fully saturated rings. The third-order valence-corrected chi connectivity index (χ3v) is 2.45. The first kappa shape index (κ1) is 13.0. The van der Waals surface area contributed by atoms with E-state index in [1.54, 1.807) is 6.92 Å². The van der Waals surface area contributed by atoms with E-state index in [0.717, 1.165) is 6.42 Å². The summed E-state index contributed by atoms with van der Waals surface area (Å²) < 4.78 is 0. The molecule has 3 N–H and O–H groups in total. The van der Waals surface area contributed by atoms with Crippen LogP contribution in [0.4, 0.5) is 0 Å². The smallest absolute Gasteiger partial charge is 0.240 e. The highest BCUT2D eigenvalue weighted by Gasteiger charge is 2.27. The average Bonchev–Trinajstić information content (AvgIpc) is 2.16. The molecule has 3 nitrogen and oxygen atoms in total. The maximum absolute atomic E-state index is 11.6. The van der Waals surface area contributed by atoms with Crippen LogP contribution in [0, 0.1) is 12.3 Å². The van der Waals surface area contributed by atoms with Gasteiger partial charge in [-0.3, -0.25) is 4.79 Å². The Kier molecular flexibility index (Phi) is 5.26. The van der Waals surface area contributed by atoms with Crippen molar-refractivity contribution in [2.75, 3.05) is 0 Å². The zero-order valence-corrected chi connectivity index (χ0v) is 9.26. The molecule has 14 heavy (non-hydrogen) atoms. The van der Waals surface area contributed by atoms with Gasteiger partial charge in [0.2, 0.25) is 5.91 Å². The van der Waals surface area contributed by atoms with Gasteiger partial charge in [-0.05, 0) is 19.8 Å². The van der Waals surface area contributed by atoms with Crippen molar-refractivity contribution in [2.24, 2.45) is 5.73 Å². The zero-order valence-electron chi connectivity index (χ0n) is 9.26. The molecule has 0 heterocycles. The lowest BCUT2D eigenvalue weighted by atomic mass is 9.98. The molecule has 0 spiro atoms. The van der Waals surface area contributed by atoms with Crippen LogP contribution >= 0.6 is 0 Å². The monoisotopic (exact) mass is 196 g/mol. The lowest BCUT2D eigenvalue weighted by molar-refractivity contribution is -0.126. The molecule has 0 aromatic carbocycles. The second-order valence-corrected chi connectivity index (χ2v) is 3.76. The van der Waals surface area contributed by atoms with Crippen LogP contribution in [0.25, 0.3) is 0 Å². The summed E-state index contributed by atoms with van der Waals surface area (Å²) in [6, 6.07) is 0.0434. The van der Waals surface area contributed by atoms with Crippen molar-refractivity contribution in [2.45, 2.75) is 51.6 Å². The van der Waals surface area contributed by atoms with Crippen molar-refractivity contribution in [1.29, 1.82) is 0 Å². The minimum absolute atomic E-state index is 0.0434. The Morgan fingerprint density at radius 1 is 1.64 bits per heavy atom. The summed E-state index contributed by atoms with van der Waals surface area (Å²) in [6.45, 7) is 5.61. The molecule has 0 aromatic heterocycles. The average molecular weight is 196 g/mol. The Hall–Kier alpha value is -1.01. The third-order valence-electron chi connectivity index (χ3n) is 2.45. The van der Waals surface area contributed by atoms with E-state index >= 15 is 0 Å². The van der Waals surface area contributed by atoms with E-state index < -0.39 is 5.54 Å². The van der Waals surface area contributed by atoms with E-state index in [1.807, 2.05) is 13.8 Å². The van der Waals surface area contributed by atoms with E-state index in [2.05, 4.69) is 11.2 Å². The fourth-order valence-corrected chi connectivity index (χ4v) is 0.951. The molecule has 0 rings (SSSR count). The highest BCUT2D eigenvalue weighted by molar-refractivity contribution is 5.85. The Morgan fingerprint density at radius 2 is 2.21 bits per heavy atom. The summed E-state index contributed by atoms with van der Waals surface area (Å²) in [7, 11) is 0. The molecule has 0 aliphatic heterocycles. The Labute approximate surface area is 86.4 Å². The van der Waals surface area contributed by atoms with Crippen LogP contribution in [0.1, 0.15) is 40.0 Å². The van der Waals surface area contributed by atoms with Gasteiger partial charge in [0.05, 0.1) is 5.54 Å². The van der Waals surface area contributed by atoms with E-state index in [9.17, 15) is 4.79 Å². The maximum Gasteiger partial charge on any atom is 0.240 e. The molecule has 0 bridgehead atoms. The summed E-state index contributed by atoms with van der Waals surface area (Å²) in [4.78, 5) is 11.6. The first-order valence-corrected chi connectivity index (χ1v) is 5.01. The van der Waals surface area contributed by atoms with Gasteiger partial charge in [0.1, 0.15) is 0 Å². The van der Waals surface area contributed by atoms with Gasteiger partial charge in [-0.25, -0.2) is 0 Å². The third kappa shape index (κ3) is 3.80. The molecule has 2 atom stereocenters. The molecule has 0 aliphatic rings. The number of hydrogen-bond acceptors (Lipinski definition) is 2. The standard InChI is InChI=1S/C11H20N2O/c1-5-8-9(6-2)13-10(14)11(4,12)7-3/h1,9H,6-8,12H2,2-4H3,(H,13,14). The van der Waals surface area contributed by atoms with Crippen LogP contribution < -0.4 is 11.1 Å². The van der Waals surface area contributed by atoms with Crippen LogP contribution in [0.2, 0.25) is 0 Å². The Bertz CT molecular complexity index is 228. The molecule has 1 amide bonds. The maximum atomic E-state index is 11.6. The van der Waals surface area contributed by atoms with Crippen molar-refractivity contribution in [1.82, 2.24) is 5.32 Å². The van der Waals surface area contributed by atoms with Gasteiger partial charge in [-0.1, -0.05) is 13.8 Å². The normalized spacial score (nSPS) is 16.5. The highest BCUT2D eigenvalue weighted by Crippen LogP contribution is 2.06. The molecule has 80 valence electrons. The van der Waals surface area contributed by atoms with Crippen LogP contribution in [-0.4, -0.2) is 17.5 Å². The SMILES string of the molecule is C#CCC(CC)NC(=O)C(C)(N)CC. The predicted octanol–water partition coefficient (Wildman–Crippen LogP) is 1.03. The topological polar surface area (TPSA) is 55.1 Å². The van der Waals surface area contributed by atoms with Crippen LogP contribution in [-0.2, 0) is 4.79 Å². The molecule has 0 aromatic rings. The zero-order chi connectivity index (χ0) is 11.2. The van der Waals surface area contributed by atoms with Crippen molar-refractivity contribution < 1.29 is 4.79 Å². The fraction of sp³-hybridized carbons (Fsp3) is 0.727. The predicted molar refractivity (Wildman–Crippen MR) is 58.6 cm³/mol. The number of rotatable bonds is 5. The van der Waals surface area contributed by atoms with Gasteiger partial charge < -0.3 is 11.1 Å². The summed E-state index contributed by atoms with van der Waals surface area (Å²) in [5.74, 6) is 2.41. The summed E-state index contributed by atoms with van der Waals surface area (Å²) in [6.07, 6.45) is 7.19. The first-order chi connectivity index (χ1) is 6.47. The van der Waals surface area contributed by atoms with Crippen LogP contribution in [0.5, 0.6) is 0 Å². The summed E-state index contributed by atoms with van der Waals surface area (Å²) in [5, 5.41) is 2.85. The number of nitrogens with two attached hydrogens (primary N) is 1. The lowest BCUT2D eigenvalue weighted by Gasteiger charge is -2.24. The number of amides is 1. The quantitative estimate of drug-likeness (QED) is 0.645.